The molecule has 0 spiro atoms. The van der Waals surface area contributed by atoms with Gasteiger partial charge < -0.3 is 20.7 Å². The van der Waals surface area contributed by atoms with Gasteiger partial charge in [0.2, 0.25) is 5.91 Å². The molecule has 1 aliphatic rings. The normalized spacial score (nSPS) is 15.1. The third-order valence-corrected chi connectivity index (χ3v) is 2.97. The van der Waals surface area contributed by atoms with E-state index < -0.39 is 0 Å². The first-order valence-corrected chi connectivity index (χ1v) is 8.01. The molecule has 122 valence electrons. The summed E-state index contributed by atoms with van der Waals surface area (Å²) < 4.78 is 5.49. The van der Waals surface area contributed by atoms with E-state index >= 15 is 0 Å². The highest BCUT2D eigenvalue weighted by atomic mass is 16.5. The van der Waals surface area contributed by atoms with E-state index in [1.807, 2.05) is 6.92 Å². The van der Waals surface area contributed by atoms with Crippen molar-refractivity contribution in [1.82, 2.24) is 16.0 Å². The van der Waals surface area contributed by atoms with E-state index in [0.29, 0.717) is 32.2 Å². The SMILES string of the molecule is CCNC(=NCCOCC(C)C)NCCNC(=O)C1CC1. The molecular weight excluding hydrogens is 268 g/mol. The second-order valence-corrected chi connectivity index (χ2v) is 5.72. The van der Waals surface area contributed by atoms with Crippen molar-refractivity contribution in [2.75, 3.05) is 39.4 Å². The first-order valence-electron chi connectivity index (χ1n) is 8.01. The van der Waals surface area contributed by atoms with E-state index in [-0.39, 0.29) is 11.8 Å². The van der Waals surface area contributed by atoms with Crippen LogP contribution < -0.4 is 16.0 Å². The largest absolute Gasteiger partial charge is 0.379 e. The van der Waals surface area contributed by atoms with Crippen LogP contribution in [0.1, 0.15) is 33.6 Å². The number of ether oxygens (including phenoxy) is 1. The van der Waals surface area contributed by atoms with Gasteiger partial charge in [0.25, 0.3) is 0 Å². The van der Waals surface area contributed by atoms with Crippen molar-refractivity contribution in [3.63, 3.8) is 0 Å². The standard InChI is InChI=1S/C15H30N4O2/c1-4-16-15(19-9-10-21-11-12(2)3)18-8-7-17-14(20)13-5-6-13/h12-13H,4-11H2,1-3H3,(H,17,20)(H2,16,18,19). The summed E-state index contributed by atoms with van der Waals surface area (Å²) in [5.74, 6) is 1.77. The second kappa shape index (κ2) is 10.4. The first kappa shape index (κ1) is 17.8. The van der Waals surface area contributed by atoms with Crippen LogP contribution >= 0.6 is 0 Å². The summed E-state index contributed by atoms with van der Waals surface area (Å²) in [4.78, 5) is 15.9. The number of hydrogen-bond donors (Lipinski definition) is 3. The van der Waals surface area contributed by atoms with E-state index in [1.54, 1.807) is 0 Å². The summed E-state index contributed by atoms with van der Waals surface area (Å²) in [5.41, 5.74) is 0. The Labute approximate surface area is 128 Å². The molecule has 0 aromatic rings. The minimum absolute atomic E-state index is 0.181. The minimum atomic E-state index is 0.181. The Morgan fingerprint density at radius 2 is 1.95 bits per heavy atom. The molecule has 1 aliphatic carbocycles. The first-order chi connectivity index (χ1) is 10.1. The fourth-order valence-electron chi connectivity index (χ4n) is 1.74. The number of rotatable bonds is 10. The van der Waals surface area contributed by atoms with E-state index in [0.717, 1.165) is 32.0 Å². The van der Waals surface area contributed by atoms with Gasteiger partial charge in [-0.05, 0) is 25.7 Å². The summed E-state index contributed by atoms with van der Waals surface area (Å²) in [5, 5.41) is 9.30. The molecule has 6 nitrogen and oxygen atoms in total. The Morgan fingerprint density at radius 3 is 2.57 bits per heavy atom. The molecule has 1 saturated carbocycles. The highest BCUT2D eigenvalue weighted by Gasteiger charge is 2.28. The average Bonchev–Trinajstić information content (AvgIpc) is 3.26. The smallest absolute Gasteiger partial charge is 0.223 e. The van der Waals surface area contributed by atoms with Gasteiger partial charge in [0, 0.05) is 32.2 Å². The molecule has 0 saturated heterocycles. The molecule has 6 heteroatoms. The zero-order chi connectivity index (χ0) is 15.5. The summed E-state index contributed by atoms with van der Waals surface area (Å²) in [7, 11) is 0. The molecule has 3 N–H and O–H groups in total. The van der Waals surface area contributed by atoms with Crippen molar-refractivity contribution in [3.05, 3.63) is 0 Å². The van der Waals surface area contributed by atoms with Crippen molar-refractivity contribution >= 4 is 11.9 Å². The van der Waals surface area contributed by atoms with Crippen LogP contribution in [0.5, 0.6) is 0 Å². The predicted molar refractivity (Wildman–Crippen MR) is 85.4 cm³/mol. The average molecular weight is 298 g/mol. The molecule has 0 bridgehead atoms. The van der Waals surface area contributed by atoms with Crippen molar-refractivity contribution in [1.29, 1.82) is 0 Å². The van der Waals surface area contributed by atoms with Gasteiger partial charge >= 0.3 is 0 Å². The van der Waals surface area contributed by atoms with Crippen LogP contribution in [0.4, 0.5) is 0 Å². The van der Waals surface area contributed by atoms with Gasteiger partial charge in [0.15, 0.2) is 5.96 Å². The van der Waals surface area contributed by atoms with Crippen LogP contribution in [0.3, 0.4) is 0 Å². The monoisotopic (exact) mass is 298 g/mol. The highest BCUT2D eigenvalue weighted by Crippen LogP contribution is 2.28. The van der Waals surface area contributed by atoms with Crippen LogP contribution in [0.15, 0.2) is 4.99 Å². The van der Waals surface area contributed by atoms with Gasteiger partial charge in [-0.15, -0.1) is 0 Å². The number of amides is 1. The molecule has 0 radical (unpaired) electrons. The van der Waals surface area contributed by atoms with Crippen molar-refractivity contribution < 1.29 is 9.53 Å². The fourth-order valence-corrected chi connectivity index (χ4v) is 1.74. The summed E-state index contributed by atoms with van der Waals surface area (Å²) in [6.45, 7) is 10.4. The Balaban J connectivity index is 2.10. The number of guanidine groups is 1. The maximum absolute atomic E-state index is 11.5. The Morgan fingerprint density at radius 1 is 1.24 bits per heavy atom. The second-order valence-electron chi connectivity index (χ2n) is 5.72. The van der Waals surface area contributed by atoms with Crippen LogP contribution in [-0.2, 0) is 9.53 Å². The van der Waals surface area contributed by atoms with Crippen molar-refractivity contribution in [3.8, 4) is 0 Å². The van der Waals surface area contributed by atoms with E-state index in [2.05, 4.69) is 34.8 Å². The van der Waals surface area contributed by atoms with Crippen LogP contribution in [0.25, 0.3) is 0 Å². The van der Waals surface area contributed by atoms with Crippen molar-refractivity contribution in [2.45, 2.75) is 33.6 Å². The van der Waals surface area contributed by atoms with Gasteiger partial charge in [0.1, 0.15) is 0 Å². The van der Waals surface area contributed by atoms with Gasteiger partial charge in [-0.2, -0.15) is 0 Å². The van der Waals surface area contributed by atoms with E-state index in [9.17, 15) is 4.79 Å². The quantitative estimate of drug-likeness (QED) is 0.316. The molecule has 0 atom stereocenters. The number of carbonyl (C=O) groups excluding carboxylic acids is 1. The third kappa shape index (κ3) is 9.28. The molecule has 1 amide bonds. The molecule has 21 heavy (non-hydrogen) atoms. The van der Waals surface area contributed by atoms with Crippen molar-refractivity contribution in [2.24, 2.45) is 16.8 Å². The highest BCUT2D eigenvalue weighted by molar-refractivity contribution is 5.81. The number of hydrogen-bond acceptors (Lipinski definition) is 3. The molecule has 0 unspecified atom stereocenters. The third-order valence-electron chi connectivity index (χ3n) is 2.97. The molecule has 1 fully saturated rings. The molecule has 0 aromatic heterocycles. The lowest BCUT2D eigenvalue weighted by molar-refractivity contribution is -0.122. The fraction of sp³-hybridized carbons (Fsp3) is 0.867. The van der Waals surface area contributed by atoms with Gasteiger partial charge in [-0.1, -0.05) is 13.8 Å². The minimum Gasteiger partial charge on any atom is -0.379 e. The predicted octanol–water partition coefficient (Wildman–Crippen LogP) is 0.740. The summed E-state index contributed by atoms with van der Waals surface area (Å²) in [6.07, 6.45) is 2.08. The zero-order valence-corrected chi connectivity index (χ0v) is 13.6. The molecule has 0 aromatic carbocycles. The van der Waals surface area contributed by atoms with Gasteiger partial charge in [-0.3, -0.25) is 9.79 Å². The van der Waals surface area contributed by atoms with E-state index in [4.69, 9.17) is 4.74 Å². The Bertz CT molecular complexity index is 328. The van der Waals surface area contributed by atoms with Crippen LogP contribution in [-0.4, -0.2) is 51.3 Å². The van der Waals surface area contributed by atoms with Gasteiger partial charge in [-0.25, -0.2) is 0 Å². The molecule has 0 heterocycles. The molecular formula is C15H30N4O2. The zero-order valence-electron chi connectivity index (χ0n) is 13.6. The topological polar surface area (TPSA) is 74.8 Å². The maximum Gasteiger partial charge on any atom is 0.223 e. The number of carbonyl (C=O) groups is 1. The van der Waals surface area contributed by atoms with Gasteiger partial charge in [0.05, 0.1) is 13.2 Å². The molecule has 1 rings (SSSR count). The van der Waals surface area contributed by atoms with Crippen LogP contribution in [0.2, 0.25) is 0 Å². The lowest BCUT2D eigenvalue weighted by Crippen LogP contribution is -2.42. The lowest BCUT2D eigenvalue weighted by atomic mass is 10.2. The number of nitrogens with zero attached hydrogens (tertiary/aromatic N) is 1. The molecule has 0 aliphatic heterocycles. The lowest BCUT2D eigenvalue weighted by Gasteiger charge is -2.12. The van der Waals surface area contributed by atoms with Crippen LogP contribution in [0, 0.1) is 11.8 Å². The van der Waals surface area contributed by atoms with E-state index in [1.165, 1.54) is 0 Å². The Kier molecular flexibility index (Phi) is 8.82. The number of aliphatic imine (C=N–C) groups is 1. The number of nitrogens with one attached hydrogen (secondary N) is 3. The summed E-state index contributed by atoms with van der Waals surface area (Å²) >= 11 is 0. The Hall–Kier alpha value is -1.30. The maximum atomic E-state index is 11.5. The summed E-state index contributed by atoms with van der Waals surface area (Å²) in [6, 6.07) is 0.